The molecule has 0 spiro atoms. The lowest BCUT2D eigenvalue weighted by Crippen LogP contribution is -2.38. The number of nitrogens with zero attached hydrogens (tertiary/aromatic N) is 1. The molecule has 0 atom stereocenters. The summed E-state index contributed by atoms with van der Waals surface area (Å²) in [5.74, 6) is 1.82. The van der Waals surface area contributed by atoms with Crippen LogP contribution in [0.15, 0.2) is 33.5 Å². The number of methoxy groups -OCH3 is 2. The molecule has 5 rings (SSSR count). The van der Waals surface area contributed by atoms with Crippen LogP contribution in [0.1, 0.15) is 34.2 Å². The molecule has 0 unspecified atom stereocenters. The summed E-state index contributed by atoms with van der Waals surface area (Å²) in [7, 11) is 3.22. The maximum Gasteiger partial charge on any atom is 0.339 e. The van der Waals surface area contributed by atoms with Crippen molar-refractivity contribution in [3.8, 4) is 17.2 Å². The predicted molar refractivity (Wildman–Crippen MR) is 123 cm³/mol. The van der Waals surface area contributed by atoms with Crippen LogP contribution in [0.3, 0.4) is 0 Å². The Balaban J connectivity index is 1.32. The highest BCUT2D eigenvalue weighted by Gasteiger charge is 2.24. The van der Waals surface area contributed by atoms with Crippen molar-refractivity contribution in [3.05, 3.63) is 62.5 Å². The molecule has 1 aliphatic carbocycles. The van der Waals surface area contributed by atoms with Gasteiger partial charge < -0.3 is 23.5 Å². The van der Waals surface area contributed by atoms with Gasteiger partial charge in [0.05, 0.1) is 14.2 Å². The number of aryl methyl sites for hydroxylation is 2. The Hall–Kier alpha value is -3.48. The van der Waals surface area contributed by atoms with Crippen LogP contribution in [0.5, 0.6) is 17.2 Å². The summed E-state index contributed by atoms with van der Waals surface area (Å²) in [5, 5.41) is 0.968. The van der Waals surface area contributed by atoms with Crippen molar-refractivity contribution >= 4 is 16.9 Å². The Kier molecular flexibility index (Phi) is 5.48. The number of carbonyl (C=O) groups excluding carboxylic acids is 1. The van der Waals surface area contributed by atoms with E-state index in [2.05, 4.69) is 0 Å². The first-order chi connectivity index (χ1) is 16.0. The fourth-order valence-corrected chi connectivity index (χ4v) is 4.95. The number of amides is 1. The van der Waals surface area contributed by atoms with Crippen LogP contribution in [-0.2, 0) is 30.6 Å². The SMILES string of the molecule is COc1cc2c(cc1OC)CN(C(=O)COc1ccc3c4c(c(=O)oc3c1C)CCC4)CC2. The molecule has 172 valence electrons. The molecule has 2 heterocycles. The summed E-state index contributed by atoms with van der Waals surface area (Å²) >= 11 is 0. The molecule has 0 fully saturated rings. The number of rotatable bonds is 5. The number of ether oxygens (including phenoxy) is 3. The van der Waals surface area contributed by atoms with Gasteiger partial charge in [0.25, 0.3) is 5.91 Å². The maximum absolute atomic E-state index is 12.9. The third kappa shape index (κ3) is 3.71. The van der Waals surface area contributed by atoms with E-state index in [0.717, 1.165) is 58.9 Å². The molecule has 1 aliphatic heterocycles. The summed E-state index contributed by atoms with van der Waals surface area (Å²) in [4.78, 5) is 27.1. The van der Waals surface area contributed by atoms with Crippen LogP contribution in [0.2, 0.25) is 0 Å². The molecule has 1 amide bonds. The Labute approximate surface area is 191 Å². The zero-order chi connectivity index (χ0) is 23.1. The van der Waals surface area contributed by atoms with Gasteiger partial charge in [0.1, 0.15) is 11.3 Å². The third-order valence-corrected chi connectivity index (χ3v) is 6.76. The standard InChI is InChI=1S/C26H27NO6/c1-15-21(8-7-19-18-5-4-6-20(18)26(29)33-25(15)19)32-14-24(28)27-10-9-16-11-22(30-2)23(31-3)12-17(16)13-27/h7-8,11-12H,4-6,9-10,13-14H2,1-3H3. The minimum Gasteiger partial charge on any atom is -0.493 e. The Morgan fingerprint density at radius 3 is 2.48 bits per heavy atom. The van der Waals surface area contributed by atoms with E-state index in [9.17, 15) is 9.59 Å². The van der Waals surface area contributed by atoms with Gasteiger partial charge in [0.15, 0.2) is 18.1 Å². The Morgan fingerprint density at radius 2 is 1.73 bits per heavy atom. The molecule has 0 saturated carbocycles. The molecule has 2 aromatic carbocycles. The minimum absolute atomic E-state index is 0.0792. The van der Waals surface area contributed by atoms with E-state index < -0.39 is 0 Å². The monoisotopic (exact) mass is 449 g/mol. The average Bonchev–Trinajstić information content (AvgIpc) is 3.33. The van der Waals surface area contributed by atoms with Crippen molar-refractivity contribution < 1.29 is 23.4 Å². The van der Waals surface area contributed by atoms with Crippen LogP contribution >= 0.6 is 0 Å². The number of fused-ring (bicyclic) bond motifs is 4. The molecular weight excluding hydrogens is 422 g/mol. The molecule has 7 nitrogen and oxygen atoms in total. The van der Waals surface area contributed by atoms with Gasteiger partial charge >= 0.3 is 5.63 Å². The molecule has 0 N–H and O–H groups in total. The van der Waals surface area contributed by atoms with Crippen LogP contribution in [0.25, 0.3) is 11.0 Å². The predicted octanol–water partition coefficient (Wildman–Crippen LogP) is 3.57. The highest BCUT2D eigenvalue weighted by Crippen LogP contribution is 2.34. The lowest BCUT2D eigenvalue weighted by Gasteiger charge is -2.29. The Morgan fingerprint density at radius 1 is 1.00 bits per heavy atom. The first kappa shape index (κ1) is 21.4. The molecule has 1 aromatic heterocycles. The quantitative estimate of drug-likeness (QED) is 0.554. The summed E-state index contributed by atoms with van der Waals surface area (Å²) in [6, 6.07) is 7.72. The fraction of sp³-hybridized carbons (Fsp3) is 0.385. The largest absolute Gasteiger partial charge is 0.493 e. The summed E-state index contributed by atoms with van der Waals surface area (Å²) < 4.78 is 22.3. The molecule has 0 radical (unpaired) electrons. The van der Waals surface area contributed by atoms with Crippen molar-refractivity contribution in [2.45, 2.75) is 39.2 Å². The van der Waals surface area contributed by atoms with Gasteiger partial charge in [-0.2, -0.15) is 0 Å². The van der Waals surface area contributed by atoms with Gasteiger partial charge in [-0.05, 0) is 73.6 Å². The van der Waals surface area contributed by atoms with E-state index in [1.54, 1.807) is 19.1 Å². The summed E-state index contributed by atoms with van der Waals surface area (Å²) in [6.45, 7) is 2.89. The second kappa shape index (κ2) is 8.46. The highest BCUT2D eigenvalue weighted by atomic mass is 16.5. The smallest absolute Gasteiger partial charge is 0.339 e. The van der Waals surface area contributed by atoms with Crippen molar-refractivity contribution in [2.24, 2.45) is 0 Å². The second-order valence-electron chi connectivity index (χ2n) is 8.60. The van der Waals surface area contributed by atoms with E-state index in [0.29, 0.717) is 35.9 Å². The van der Waals surface area contributed by atoms with Crippen molar-refractivity contribution in [1.82, 2.24) is 4.90 Å². The van der Waals surface area contributed by atoms with Crippen LogP contribution in [0, 0.1) is 6.92 Å². The summed E-state index contributed by atoms with van der Waals surface area (Å²) in [6.07, 6.45) is 3.38. The second-order valence-corrected chi connectivity index (χ2v) is 8.60. The van der Waals surface area contributed by atoms with E-state index in [4.69, 9.17) is 18.6 Å². The minimum atomic E-state index is -0.259. The third-order valence-electron chi connectivity index (χ3n) is 6.76. The van der Waals surface area contributed by atoms with Crippen molar-refractivity contribution in [2.75, 3.05) is 27.4 Å². The Bertz CT molecular complexity index is 1310. The van der Waals surface area contributed by atoms with Gasteiger partial charge in [0.2, 0.25) is 0 Å². The maximum atomic E-state index is 12.9. The molecule has 3 aromatic rings. The zero-order valence-corrected chi connectivity index (χ0v) is 19.2. The normalized spacial score (nSPS) is 14.7. The first-order valence-corrected chi connectivity index (χ1v) is 11.2. The first-order valence-electron chi connectivity index (χ1n) is 11.2. The van der Waals surface area contributed by atoms with Gasteiger partial charge in [-0.1, -0.05) is 0 Å². The van der Waals surface area contributed by atoms with Crippen LogP contribution in [-0.4, -0.2) is 38.2 Å². The number of hydrogen-bond donors (Lipinski definition) is 0. The highest BCUT2D eigenvalue weighted by molar-refractivity contribution is 5.86. The average molecular weight is 450 g/mol. The molecule has 2 aliphatic rings. The number of benzene rings is 2. The van der Waals surface area contributed by atoms with Gasteiger partial charge in [-0.15, -0.1) is 0 Å². The molecular formula is C26H27NO6. The molecule has 0 bridgehead atoms. The van der Waals surface area contributed by atoms with Gasteiger partial charge in [-0.3, -0.25) is 4.79 Å². The molecule has 33 heavy (non-hydrogen) atoms. The lowest BCUT2D eigenvalue weighted by molar-refractivity contribution is -0.134. The zero-order valence-electron chi connectivity index (χ0n) is 19.2. The van der Waals surface area contributed by atoms with Crippen molar-refractivity contribution in [1.29, 1.82) is 0 Å². The fourth-order valence-electron chi connectivity index (χ4n) is 4.95. The molecule has 0 saturated heterocycles. The van der Waals surface area contributed by atoms with Crippen LogP contribution < -0.4 is 19.8 Å². The summed E-state index contributed by atoms with van der Waals surface area (Å²) in [5.41, 5.74) is 5.13. The lowest BCUT2D eigenvalue weighted by atomic mass is 9.99. The van der Waals surface area contributed by atoms with E-state index in [-0.39, 0.29) is 18.1 Å². The van der Waals surface area contributed by atoms with Gasteiger partial charge in [-0.25, -0.2) is 4.79 Å². The topological polar surface area (TPSA) is 78.2 Å². The van der Waals surface area contributed by atoms with E-state index in [1.807, 2.05) is 31.2 Å². The van der Waals surface area contributed by atoms with E-state index >= 15 is 0 Å². The molecule has 7 heteroatoms. The van der Waals surface area contributed by atoms with Gasteiger partial charge in [0, 0.05) is 29.6 Å². The van der Waals surface area contributed by atoms with E-state index in [1.165, 1.54) is 0 Å². The number of carbonyl (C=O) groups is 1. The van der Waals surface area contributed by atoms with Crippen molar-refractivity contribution in [3.63, 3.8) is 0 Å². The number of hydrogen-bond acceptors (Lipinski definition) is 6. The van der Waals surface area contributed by atoms with Crippen LogP contribution in [0.4, 0.5) is 0 Å².